The third-order valence-corrected chi connectivity index (χ3v) is 6.48. The third-order valence-electron chi connectivity index (χ3n) is 5.53. The number of hydrogen-bond acceptors (Lipinski definition) is 9. The molecule has 13 heteroatoms. The van der Waals surface area contributed by atoms with Crippen molar-refractivity contribution in [2.24, 2.45) is 7.05 Å². The lowest BCUT2D eigenvalue weighted by Crippen LogP contribution is -2.51. The molecule has 0 saturated carbocycles. The molecule has 4 N–H and O–H groups in total. The number of rotatable bonds is 11. The van der Waals surface area contributed by atoms with Crippen molar-refractivity contribution in [3.8, 4) is 17.2 Å². The number of para-hydroxylation sites is 1. The zero-order valence-corrected chi connectivity index (χ0v) is 22.8. The van der Waals surface area contributed by atoms with Crippen LogP contribution in [-0.2, 0) is 24.8 Å². The van der Waals surface area contributed by atoms with E-state index in [9.17, 15) is 19.5 Å². The summed E-state index contributed by atoms with van der Waals surface area (Å²) in [5.41, 5.74) is 4.22. The van der Waals surface area contributed by atoms with Crippen LogP contribution in [0.15, 0.2) is 63.3 Å². The maximum Gasteiger partial charge on any atom is 0.329 e. The number of aryl methyl sites for hydroxylation is 1. The normalized spacial score (nSPS) is 10.6. The maximum absolute atomic E-state index is 12.2. The van der Waals surface area contributed by atoms with Gasteiger partial charge in [-0.25, -0.2) is 9.78 Å². The summed E-state index contributed by atoms with van der Waals surface area (Å²) in [6.07, 6.45) is 0.973. The Morgan fingerprint density at radius 3 is 2.46 bits per heavy atom. The number of nitrogens with zero attached hydrogens (tertiary/aromatic N) is 3. The molecule has 0 aliphatic heterocycles. The fourth-order valence-corrected chi connectivity index (χ4v) is 4.40. The number of carbonyl (C=O) groups is 1. The summed E-state index contributed by atoms with van der Waals surface area (Å²) in [5, 5.41) is 11.1. The van der Waals surface area contributed by atoms with Crippen molar-refractivity contribution in [2.45, 2.75) is 18.1 Å². The second kappa shape index (κ2) is 14.1. The van der Waals surface area contributed by atoms with Crippen LogP contribution in [0.2, 0.25) is 0 Å². The highest BCUT2D eigenvalue weighted by atomic mass is 32.2. The van der Waals surface area contributed by atoms with Gasteiger partial charge in [0, 0.05) is 19.2 Å². The Kier molecular flexibility index (Phi) is 10.6. The van der Waals surface area contributed by atoms with Gasteiger partial charge in [0.05, 0.1) is 33.3 Å². The number of thioether (sulfide) groups is 1. The van der Waals surface area contributed by atoms with E-state index in [0.29, 0.717) is 10.9 Å². The van der Waals surface area contributed by atoms with E-state index in [2.05, 4.69) is 15.7 Å². The van der Waals surface area contributed by atoms with Crippen molar-refractivity contribution in [3.05, 3.63) is 74.9 Å². The first kappa shape index (κ1) is 29.3. The van der Waals surface area contributed by atoms with Gasteiger partial charge in [0.15, 0.2) is 27.8 Å². The number of carboxylic acids is 1. The van der Waals surface area contributed by atoms with Crippen molar-refractivity contribution < 1.29 is 29.8 Å². The van der Waals surface area contributed by atoms with Gasteiger partial charge in [-0.2, -0.15) is 0 Å². The lowest BCUT2D eigenvalue weighted by molar-refractivity contribution is -0.366. The van der Waals surface area contributed by atoms with Crippen LogP contribution < -0.4 is 36.3 Å². The predicted molar refractivity (Wildman–Crippen MR) is 144 cm³/mol. The van der Waals surface area contributed by atoms with E-state index in [1.807, 2.05) is 36.4 Å². The van der Waals surface area contributed by atoms with Crippen molar-refractivity contribution in [3.63, 3.8) is 0 Å². The highest BCUT2D eigenvalue weighted by molar-refractivity contribution is 7.99. The molecular formula is C26H31N5O7S. The fourth-order valence-electron chi connectivity index (χ4n) is 3.67. The number of aliphatic carboxylic acids is 1. The molecule has 0 fully saturated rings. The molecule has 0 amide bonds. The second-order valence-electron chi connectivity index (χ2n) is 8.15. The van der Waals surface area contributed by atoms with Gasteiger partial charge in [-0.05, 0) is 29.8 Å². The molecule has 0 atom stereocenters. The van der Waals surface area contributed by atoms with Crippen LogP contribution in [0.25, 0.3) is 11.2 Å². The Labute approximate surface area is 228 Å². The first-order valence-corrected chi connectivity index (χ1v) is 13.0. The molecule has 12 nitrogen and oxygen atoms in total. The lowest BCUT2D eigenvalue weighted by atomic mass is 10.1. The molecule has 208 valence electrons. The monoisotopic (exact) mass is 557 g/mol. The summed E-state index contributed by atoms with van der Waals surface area (Å²) in [5.74, 6) is 0.650. The van der Waals surface area contributed by atoms with E-state index in [0.717, 1.165) is 36.2 Å². The number of fused-ring (bicyclic) bond motifs is 1. The molecular weight excluding hydrogens is 526 g/mol. The Morgan fingerprint density at radius 2 is 1.82 bits per heavy atom. The molecule has 0 bridgehead atoms. The molecule has 2 heterocycles. The van der Waals surface area contributed by atoms with Gasteiger partial charge < -0.3 is 34.4 Å². The minimum absolute atomic E-state index is 0.180. The van der Waals surface area contributed by atoms with Gasteiger partial charge in [-0.3, -0.25) is 14.3 Å². The number of ether oxygens (including phenoxy) is 3. The summed E-state index contributed by atoms with van der Waals surface area (Å²) < 4.78 is 18.7. The Morgan fingerprint density at radius 1 is 1.10 bits per heavy atom. The molecule has 2 aromatic heterocycles. The molecule has 0 radical (unpaired) electrons. The molecule has 0 aliphatic carbocycles. The first-order chi connectivity index (χ1) is 18.8. The number of benzene rings is 2. The van der Waals surface area contributed by atoms with Crippen LogP contribution in [-0.4, -0.2) is 58.2 Å². The molecule has 0 saturated heterocycles. The summed E-state index contributed by atoms with van der Waals surface area (Å²) in [6, 6.07) is 15.1. The molecule has 2 aromatic carbocycles. The molecule has 4 aromatic rings. The Balaban J connectivity index is 0.000000272. The number of aromatic amines is 1. The smallest absolute Gasteiger partial charge is 0.329 e. The average Bonchev–Trinajstić information content (AvgIpc) is 3.30. The standard InChI is InChI=1S/C16H16N4O5S.C10H15NO2/c1-19-13-12(14(23)18-15(19)24)20(16(17-13)26-9-11(21)22)7-8-25-10-5-3-2-4-6-10;1-12-9-4-3-8(5-6-11)7-10(9)13-2/h2-6H,7-9H2,1H3,(H,21,22)(H,18,23,24);3-4,7H,5-6,11H2,1-2H3. The van der Waals surface area contributed by atoms with Gasteiger partial charge in [-0.1, -0.05) is 36.0 Å². The van der Waals surface area contributed by atoms with Crippen LogP contribution in [0.3, 0.4) is 0 Å². The number of H-pyrrole nitrogens is 1. The predicted octanol–water partition coefficient (Wildman–Crippen LogP) is -0.167. The fraction of sp³-hybridized carbons (Fsp3) is 0.308. The SMILES string of the molecule is COc1ccc(CC[NH3+])cc1OC.Cn1c(=O)[nH]c(=O)c2c1nc(SCC(=O)[O-])n2CCOc1ccccc1. The van der Waals surface area contributed by atoms with E-state index < -0.39 is 17.2 Å². The van der Waals surface area contributed by atoms with Crippen molar-refractivity contribution in [1.82, 2.24) is 19.1 Å². The van der Waals surface area contributed by atoms with E-state index in [1.165, 1.54) is 17.2 Å². The zero-order valence-electron chi connectivity index (χ0n) is 22.0. The highest BCUT2D eigenvalue weighted by Crippen LogP contribution is 2.27. The number of methoxy groups -OCH3 is 2. The summed E-state index contributed by atoms with van der Waals surface area (Å²) in [4.78, 5) is 41.3. The number of hydrogen-bond donors (Lipinski definition) is 2. The minimum atomic E-state index is -1.25. The Bertz CT molecular complexity index is 1520. The molecule has 4 rings (SSSR count). The Hall–Kier alpha value is -4.23. The molecule has 0 unspecified atom stereocenters. The van der Waals surface area contributed by atoms with Crippen LogP contribution in [0.1, 0.15) is 5.56 Å². The summed E-state index contributed by atoms with van der Waals surface area (Å²) >= 11 is 0.917. The number of nitrogens with one attached hydrogen (secondary N) is 1. The lowest BCUT2D eigenvalue weighted by Gasteiger charge is -2.10. The first-order valence-electron chi connectivity index (χ1n) is 12.0. The molecule has 0 aliphatic rings. The van der Waals surface area contributed by atoms with Gasteiger partial charge >= 0.3 is 5.69 Å². The minimum Gasteiger partial charge on any atom is -0.549 e. The van der Waals surface area contributed by atoms with Gasteiger partial charge in [-0.15, -0.1) is 0 Å². The third kappa shape index (κ3) is 7.65. The molecule has 0 spiro atoms. The average molecular weight is 558 g/mol. The van der Waals surface area contributed by atoms with Crippen LogP contribution >= 0.6 is 11.8 Å². The van der Waals surface area contributed by atoms with Gasteiger partial charge in [0.2, 0.25) is 0 Å². The summed E-state index contributed by atoms with van der Waals surface area (Å²) in [6.45, 7) is 1.38. The number of quaternary nitrogens is 1. The van der Waals surface area contributed by atoms with Gasteiger partial charge in [0.25, 0.3) is 5.56 Å². The highest BCUT2D eigenvalue weighted by Gasteiger charge is 2.17. The quantitative estimate of drug-likeness (QED) is 0.238. The van der Waals surface area contributed by atoms with Crippen molar-refractivity contribution in [2.75, 3.05) is 33.1 Å². The van der Waals surface area contributed by atoms with Crippen molar-refractivity contribution >= 4 is 28.9 Å². The largest absolute Gasteiger partial charge is 0.549 e. The van der Waals surface area contributed by atoms with Crippen LogP contribution in [0.5, 0.6) is 17.2 Å². The van der Waals surface area contributed by atoms with E-state index in [1.54, 1.807) is 30.9 Å². The van der Waals surface area contributed by atoms with E-state index >= 15 is 0 Å². The number of carboxylic acid groups (broad SMARTS) is 1. The van der Waals surface area contributed by atoms with E-state index in [4.69, 9.17) is 14.2 Å². The van der Waals surface area contributed by atoms with Crippen LogP contribution in [0.4, 0.5) is 0 Å². The number of imidazole rings is 1. The number of carbonyl (C=O) groups excluding carboxylic acids is 1. The molecule has 39 heavy (non-hydrogen) atoms. The van der Waals surface area contributed by atoms with Crippen LogP contribution in [0, 0.1) is 0 Å². The topological polar surface area (TPSA) is 168 Å². The van der Waals surface area contributed by atoms with Crippen molar-refractivity contribution in [1.29, 1.82) is 0 Å². The summed E-state index contributed by atoms with van der Waals surface area (Å²) in [7, 11) is 4.76. The maximum atomic E-state index is 12.2. The number of aromatic nitrogens is 4. The van der Waals surface area contributed by atoms with E-state index in [-0.39, 0.29) is 30.1 Å². The van der Waals surface area contributed by atoms with Gasteiger partial charge in [0.1, 0.15) is 12.4 Å². The second-order valence-corrected chi connectivity index (χ2v) is 9.09. The zero-order chi connectivity index (χ0) is 28.4.